The molecule has 0 spiro atoms. The molecule has 0 unspecified atom stereocenters. The van der Waals surface area contributed by atoms with Crippen molar-refractivity contribution in [3.63, 3.8) is 0 Å². The second-order valence-corrected chi connectivity index (χ2v) is 2.59. The molecular formula is C8H17NO2. The topological polar surface area (TPSA) is 38.3 Å². The largest absolute Gasteiger partial charge is 0.469 e. The van der Waals surface area contributed by atoms with Crippen molar-refractivity contribution in [1.29, 1.82) is 0 Å². The van der Waals surface area contributed by atoms with Crippen molar-refractivity contribution < 1.29 is 9.53 Å². The average molecular weight is 159 g/mol. The maximum atomic E-state index is 10.6. The highest BCUT2D eigenvalue weighted by Gasteiger charge is 2.00. The van der Waals surface area contributed by atoms with Gasteiger partial charge < -0.3 is 10.1 Å². The Kier molecular flexibility index (Phi) is 5.84. The number of esters is 1. The molecule has 0 aliphatic carbocycles. The quantitative estimate of drug-likeness (QED) is 0.607. The monoisotopic (exact) mass is 159 g/mol. The second-order valence-electron chi connectivity index (χ2n) is 2.59. The molecule has 0 heterocycles. The van der Waals surface area contributed by atoms with Crippen LogP contribution >= 0.6 is 0 Å². The summed E-state index contributed by atoms with van der Waals surface area (Å²) in [6.45, 7) is 4.91. The van der Waals surface area contributed by atoms with Crippen LogP contribution < -0.4 is 5.32 Å². The molecule has 3 heteroatoms. The molecule has 0 aromatic rings. The van der Waals surface area contributed by atoms with E-state index in [1.54, 1.807) is 0 Å². The van der Waals surface area contributed by atoms with Crippen molar-refractivity contribution in [1.82, 2.24) is 5.32 Å². The molecule has 11 heavy (non-hydrogen) atoms. The maximum Gasteiger partial charge on any atom is 0.306 e. The fourth-order valence-corrected chi connectivity index (χ4v) is 0.667. The first-order valence-electron chi connectivity index (χ1n) is 4.00. The Labute approximate surface area is 68.1 Å². The van der Waals surface area contributed by atoms with Gasteiger partial charge in [-0.1, -0.05) is 6.92 Å². The summed E-state index contributed by atoms with van der Waals surface area (Å²) >= 11 is 0. The molecule has 66 valence electrons. The third kappa shape index (κ3) is 5.85. The Morgan fingerprint density at radius 2 is 2.27 bits per heavy atom. The summed E-state index contributed by atoms with van der Waals surface area (Å²) in [5, 5.41) is 3.20. The van der Waals surface area contributed by atoms with E-state index in [1.807, 2.05) is 0 Å². The Hall–Kier alpha value is -0.570. The van der Waals surface area contributed by atoms with Gasteiger partial charge >= 0.3 is 5.97 Å². The lowest BCUT2D eigenvalue weighted by Gasteiger charge is -2.09. The van der Waals surface area contributed by atoms with Crippen molar-refractivity contribution in [2.75, 3.05) is 13.7 Å². The van der Waals surface area contributed by atoms with Gasteiger partial charge in [-0.15, -0.1) is 0 Å². The fourth-order valence-electron chi connectivity index (χ4n) is 0.667. The SMILES string of the molecule is CC[C@H](C)NCCC(=O)OC. The maximum absolute atomic E-state index is 10.6. The van der Waals surface area contributed by atoms with Crippen LogP contribution in [0.4, 0.5) is 0 Å². The molecule has 0 aliphatic rings. The van der Waals surface area contributed by atoms with Crippen LogP contribution in [0.25, 0.3) is 0 Å². The predicted octanol–water partition coefficient (Wildman–Crippen LogP) is 0.938. The second kappa shape index (κ2) is 6.16. The zero-order chi connectivity index (χ0) is 8.69. The van der Waals surface area contributed by atoms with Crippen LogP contribution in [0.2, 0.25) is 0 Å². The van der Waals surface area contributed by atoms with E-state index in [2.05, 4.69) is 23.9 Å². The summed E-state index contributed by atoms with van der Waals surface area (Å²) in [6.07, 6.45) is 1.54. The van der Waals surface area contributed by atoms with Crippen molar-refractivity contribution >= 4 is 5.97 Å². The molecule has 0 rings (SSSR count). The van der Waals surface area contributed by atoms with E-state index in [0.717, 1.165) is 6.42 Å². The molecule has 0 aliphatic heterocycles. The van der Waals surface area contributed by atoms with E-state index in [4.69, 9.17) is 0 Å². The Balaban J connectivity index is 3.20. The summed E-state index contributed by atoms with van der Waals surface area (Å²) in [5.74, 6) is -0.152. The van der Waals surface area contributed by atoms with Gasteiger partial charge in [0, 0.05) is 12.6 Å². The molecule has 0 aromatic heterocycles. The lowest BCUT2D eigenvalue weighted by atomic mass is 10.2. The molecule has 0 aromatic carbocycles. The Morgan fingerprint density at radius 1 is 1.64 bits per heavy atom. The first kappa shape index (κ1) is 10.4. The molecule has 0 bridgehead atoms. The van der Waals surface area contributed by atoms with Gasteiger partial charge in [0.15, 0.2) is 0 Å². The highest BCUT2D eigenvalue weighted by Crippen LogP contribution is 1.88. The summed E-state index contributed by atoms with van der Waals surface area (Å²) in [4.78, 5) is 10.6. The Morgan fingerprint density at radius 3 is 2.73 bits per heavy atom. The molecule has 1 atom stereocenters. The fraction of sp³-hybridized carbons (Fsp3) is 0.875. The molecule has 0 fully saturated rings. The lowest BCUT2D eigenvalue weighted by Crippen LogP contribution is -2.27. The van der Waals surface area contributed by atoms with E-state index >= 15 is 0 Å². The zero-order valence-corrected chi connectivity index (χ0v) is 7.52. The zero-order valence-electron chi connectivity index (χ0n) is 7.52. The van der Waals surface area contributed by atoms with Crippen LogP contribution in [0, 0.1) is 0 Å². The van der Waals surface area contributed by atoms with Crippen LogP contribution in [0.3, 0.4) is 0 Å². The van der Waals surface area contributed by atoms with E-state index in [9.17, 15) is 4.79 Å². The van der Waals surface area contributed by atoms with Gasteiger partial charge in [0.2, 0.25) is 0 Å². The molecule has 0 saturated carbocycles. The van der Waals surface area contributed by atoms with Gasteiger partial charge in [0.05, 0.1) is 13.5 Å². The Bertz CT molecular complexity index is 115. The molecule has 3 nitrogen and oxygen atoms in total. The van der Waals surface area contributed by atoms with Crippen LogP contribution in [-0.4, -0.2) is 25.7 Å². The van der Waals surface area contributed by atoms with Gasteiger partial charge in [0.25, 0.3) is 0 Å². The minimum atomic E-state index is -0.152. The first-order valence-corrected chi connectivity index (χ1v) is 4.00. The van der Waals surface area contributed by atoms with E-state index in [0.29, 0.717) is 19.0 Å². The number of nitrogens with one attached hydrogen (secondary N) is 1. The standard InChI is InChI=1S/C8H17NO2/c1-4-7(2)9-6-5-8(10)11-3/h7,9H,4-6H2,1-3H3/t7-/m0/s1. The normalized spacial score (nSPS) is 12.6. The van der Waals surface area contributed by atoms with Crippen LogP contribution in [0.5, 0.6) is 0 Å². The minimum Gasteiger partial charge on any atom is -0.469 e. The number of hydrogen-bond acceptors (Lipinski definition) is 3. The van der Waals surface area contributed by atoms with Gasteiger partial charge in [-0.05, 0) is 13.3 Å². The third-order valence-corrected chi connectivity index (χ3v) is 1.66. The van der Waals surface area contributed by atoms with Gasteiger partial charge in [-0.25, -0.2) is 0 Å². The average Bonchev–Trinajstić information content (AvgIpc) is 2.04. The number of carbonyl (C=O) groups excluding carboxylic acids is 1. The van der Waals surface area contributed by atoms with Crippen molar-refractivity contribution in [2.45, 2.75) is 32.7 Å². The van der Waals surface area contributed by atoms with Gasteiger partial charge in [-0.2, -0.15) is 0 Å². The van der Waals surface area contributed by atoms with E-state index < -0.39 is 0 Å². The summed E-state index contributed by atoms with van der Waals surface area (Å²) in [5.41, 5.74) is 0. The highest BCUT2D eigenvalue weighted by atomic mass is 16.5. The number of methoxy groups -OCH3 is 1. The van der Waals surface area contributed by atoms with Crippen LogP contribution in [-0.2, 0) is 9.53 Å². The van der Waals surface area contributed by atoms with E-state index in [1.165, 1.54) is 7.11 Å². The van der Waals surface area contributed by atoms with Gasteiger partial charge in [0.1, 0.15) is 0 Å². The number of carbonyl (C=O) groups is 1. The predicted molar refractivity (Wildman–Crippen MR) is 44.4 cm³/mol. The molecular weight excluding hydrogens is 142 g/mol. The minimum absolute atomic E-state index is 0.152. The highest BCUT2D eigenvalue weighted by molar-refractivity contribution is 5.69. The molecule has 0 amide bonds. The van der Waals surface area contributed by atoms with Gasteiger partial charge in [-0.3, -0.25) is 4.79 Å². The summed E-state index contributed by atoms with van der Waals surface area (Å²) < 4.78 is 4.49. The molecule has 0 radical (unpaired) electrons. The third-order valence-electron chi connectivity index (χ3n) is 1.66. The lowest BCUT2D eigenvalue weighted by molar-refractivity contribution is -0.140. The molecule has 0 saturated heterocycles. The van der Waals surface area contributed by atoms with Crippen LogP contribution in [0.15, 0.2) is 0 Å². The van der Waals surface area contributed by atoms with Crippen molar-refractivity contribution in [3.8, 4) is 0 Å². The van der Waals surface area contributed by atoms with Crippen molar-refractivity contribution in [3.05, 3.63) is 0 Å². The molecule has 1 N–H and O–H groups in total. The van der Waals surface area contributed by atoms with Crippen molar-refractivity contribution in [2.24, 2.45) is 0 Å². The summed E-state index contributed by atoms with van der Waals surface area (Å²) in [7, 11) is 1.41. The van der Waals surface area contributed by atoms with Crippen LogP contribution in [0.1, 0.15) is 26.7 Å². The number of ether oxygens (including phenoxy) is 1. The van der Waals surface area contributed by atoms with E-state index in [-0.39, 0.29) is 5.97 Å². The summed E-state index contributed by atoms with van der Waals surface area (Å²) in [6, 6.07) is 0.486. The number of rotatable bonds is 5. The number of hydrogen-bond donors (Lipinski definition) is 1. The smallest absolute Gasteiger partial charge is 0.306 e. The first-order chi connectivity index (χ1) is 5.20.